The second-order valence-electron chi connectivity index (χ2n) is 6.61. The fraction of sp³-hybridized carbons (Fsp3) is 0.333. The zero-order valence-electron chi connectivity index (χ0n) is 17.4. The summed E-state index contributed by atoms with van der Waals surface area (Å²) in [4.78, 5) is 24.6. The van der Waals surface area contributed by atoms with E-state index in [4.69, 9.17) is 9.47 Å². The van der Waals surface area contributed by atoms with Crippen LogP contribution in [0.15, 0.2) is 42.5 Å². The molecular formula is C21H26N2O6S. The number of ether oxygens (including phenoxy) is 2. The van der Waals surface area contributed by atoms with E-state index in [9.17, 15) is 18.0 Å². The molecule has 0 bridgehead atoms. The maximum atomic E-state index is 12.5. The Morgan fingerprint density at radius 2 is 1.53 bits per heavy atom. The normalized spacial score (nSPS) is 12.0. The van der Waals surface area contributed by atoms with Crippen molar-refractivity contribution in [3.8, 4) is 11.5 Å². The van der Waals surface area contributed by atoms with Crippen molar-refractivity contribution < 1.29 is 27.5 Å². The van der Waals surface area contributed by atoms with Crippen molar-refractivity contribution in [3.05, 3.63) is 48.0 Å². The highest BCUT2D eigenvalue weighted by Gasteiger charge is 2.30. The molecule has 2 rings (SSSR count). The van der Waals surface area contributed by atoms with Crippen molar-refractivity contribution in [2.45, 2.75) is 25.5 Å². The van der Waals surface area contributed by atoms with Crippen LogP contribution >= 0.6 is 0 Å². The van der Waals surface area contributed by atoms with Crippen LogP contribution in [0.25, 0.3) is 0 Å². The van der Waals surface area contributed by atoms with Gasteiger partial charge in [-0.15, -0.1) is 0 Å². The summed E-state index contributed by atoms with van der Waals surface area (Å²) in [5.41, 5.74) is 1.94. The predicted molar refractivity (Wildman–Crippen MR) is 116 cm³/mol. The van der Waals surface area contributed by atoms with Gasteiger partial charge < -0.3 is 20.1 Å². The second kappa shape index (κ2) is 10.1. The summed E-state index contributed by atoms with van der Waals surface area (Å²) in [5.74, 6) is -1.39. The molecule has 0 aromatic heterocycles. The zero-order valence-corrected chi connectivity index (χ0v) is 18.2. The molecule has 0 fully saturated rings. The lowest BCUT2D eigenvalue weighted by atomic mass is 10.1. The Morgan fingerprint density at radius 3 is 2.10 bits per heavy atom. The van der Waals surface area contributed by atoms with Crippen LogP contribution in [0.5, 0.6) is 11.5 Å². The summed E-state index contributed by atoms with van der Waals surface area (Å²) in [6.07, 6.45) is 0.856. The van der Waals surface area contributed by atoms with Crippen LogP contribution in [0.4, 0.5) is 11.4 Å². The van der Waals surface area contributed by atoms with Gasteiger partial charge in [0.1, 0.15) is 11.0 Å². The molecule has 2 aromatic carbocycles. The van der Waals surface area contributed by atoms with Gasteiger partial charge in [0, 0.05) is 17.4 Å². The number of carbonyl (C=O) groups is 2. The maximum Gasteiger partial charge on any atom is 0.242 e. The molecule has 8 nitrogen and oxygen atoms in total. The van der Waals surface area contributed by atoms with Crippen molar-refractivity contribution >= 4 is 33.0 Å². The first-order chi connectivity index (χ1) is 14.2. The summed E-state index contributed by atoms with van der Waals surface area (Å²) in [5, 5.41) is 3.65. The lowest BCUT2D eigenvalue weighted by Crippen LogP contribution is -2.37. The van der Waals surface area contributed by atoms with Gasteiger partial charge in [-0.3, -0.25) is 9.59 Å². The summed E-state index contributed by atoms with van der Waals surface area (Å²) in [6.45, 7) is 3.25. The number of hydrogen-bond donors (Lipinski definition) is 2. The molecule has 30 heavy (non-hydrogen) atoms. The molecule has 0 aliphatic rings. The van der Waals surface area contributed by atoms with Crippen molar-refractivity contribution in [1.82, 2.24) is 0 Å². The van der Waals surface area contributed by atoms with Crippen molar-refractivity contribution in [2.24, 2.45) is 0 Å². The van der Waals surface area contributed by atoms with E-state index in [1.54, 1.807) is 24.3 Å². The predicted octanol–water partition coefficient (Wildman–Crippen LogP) is 2.65. The fourth-order valence-electron chi connectivity index (χ4n) is 2.65. The maximum absolute atomic E-state index is 12.5. The SMILES string of the molecule is CCc1ccc(NC(=O)CS(=O)(=O)C(C)C(=O)Nc2ccc(OC)c(OC)c2)cc1. The Kier molecular flexibility index (Phi) is 7.82. The number of hydrogen-bond acceptors (Lipinski definition) is 6. The van der Waals surface area contributed by atoms with E-state index >= 15 is 0 Å². The first-order valence-corrected chi connectivity index (χ1v) is 11.0. The molecule has 0 radical (unpaired) electrons. The molecule has 0 aliphatic heterocycles. The summed E-state index contributed by atoms with van der Waals surface area (Å²) in [6, 6.07) is 11.8. The molecule has 162 valence electrons. The zero-order chi connectivity index (χ0) is 22.3. The number of amides is 2. The molecular weight excluding hydrogens is 408 g/mol. The van der Waals surface area contributed by atoms with Gasteiger partial charge in [-0.25, -0.2) is 8.42 Å². The van der Waals surface area contributed by atoms with E-state index in [0.29, 0.717) is 22.9 Å². The lowest BCUT2D eigenvalue weighted by Gasteiger charge is -2.15. The van der Waals surface area contributed by atoms with Crippen LogP contribution in [0.3, 0.4) is 0 Å². The van der Waals surface area contributed by atoms with Gasteiger partial charge in [0.15, 0.2) is 21.3 Å². The van der Waals surface area contributed by atoms with Gasteiger partial charge >= 0.3 is 0 Å². The summed E-state index contributed by atoms with van der Waals surface area (Å²) < 4.78 is 35.3. The number of methoxy groups -OCH3 is 2. The number of anilines is 2. The number of carbonyl (C=O) groups excluding carboxylic acids is 2. The Bertz CT molecular complexity index is 1000. The third-order valence-corrected chi connectivity index (χ3v) is 6.49. The minimum atomic E-state index is -4.02. The smallest absolute Gasteiger partial charge is 0.242 e. The van der Waals surface area contributed by atoms with E-state index in [-0.39, 0.29) is 0 Å². The molecule has 0 saturated heterocycles. The molecule has 1 unspecified atom stereocenters. The molecule has 0 saturated carbocycles. The lowest BCUT2D eigenvalue weighted by molar-refractivity contribution is -0.115. The molecule has 0 heterocycles. The van der Waals surface area contributed by atoms with E-state index in [0.717, 1.165) is 12.0 Å². The highest BCUT2D eigenvalue weighted by molar-refractivity contribution is 7.93. The third kappa shape index (κ3) is 5.96. The molecule has 0 spiro atoms. The largest absolute Gasteiger partial charge is 0.493 e. The van der Waals surface area contributed by atoms with E-state index in [1.165, 1.54) is 27.2 Å². The van der Waals surface area contributed by atoms with E-state index in [1.807, 2.05) is 19.1 Å². The minimum Gasteiger partial charge on any atom is -0.493 e. The minimum absolute atomic E-state index is 0.347. The standard InChI is InChI=1S/C21H26N2O6S/c1-5-15-6-8-16(9-7-15)22-20(24)13-30(26,27)14(2)21(25)23-17-10-11-18(28-3)19(12-17)29-4/h6-12,14H,5,13H2,1-4H3,(H,22,24)(H,23,25). The van der Waals surface area contributed by atoms with Gasteiger partial charge in [-0.05, 0) is 43.2 Å². The van der Waals surface area contributed by atoms with E-state index < -0.39 is 32.7 Å². The molecule has 2 aromatic rings. The van der Waals surface area contributed by atoms with Crippen molar-refractivity contribution in [3.63, 3.8) is 0 Å². The van der Waals surface area contributed by atoms with Crippen LogP contribution in [-0.4, -0.2) is 45.5 Å². The van der Waals surface area contributed by atoms with Crippen molar-refractivity contribution in [1.29, 1.82) is 0 Å². The van der Waals surface area contributed by atoms with Crippen LogP contribution < -0.4 is 20.1 Å². The Labute approximate surface area is 176 Å². The first kappa shape index (κ1) is 23.2. The highest BCUT2D eigenvalue weighted by Crippen LogP contribution is 2.29. The topological polar surface area (TPSA) is 111 Å². The monoisotopic (exact) mass is 434 g/mol. The summed E-state index contributed by atoms with van der Waals surface area (Å²) >= 11 is 0. The molecule has 2 amide bonds. The van der Waals surface area contributed by atoms with E-state index in [2.05, 4.69) is 10.6 Å². The number of aryl methyl sites for hydroxylation is 1. The van der Waals surface area contributed by atoms with Gasteiger partial charge in [-0.2, -0.15) is 0 Å². The highest BCUT2D eigenvalue weighted by atomic mass is 32.2. The third-order valence-electron chi connectivity index (χ3n) is 4.54. The van der Waals surface area contributed by atoms with Crippen LogP contribution in [-0.2, 0) is 25.8 Å². The first-order valence-electron chi connectivity index (χ1n) is 9.33. The van der Waals surface area contributed by atoms with Gasteiger partial charge in [0.05, 0.1) is 14.2 Å². The van der Waals surface area contributed by atoms with Crippen LogP contribution in [0.2, 0.25) is 0 Å². The number of benzene rings is 2. The summed E-state index contributed by atoms with van der Waals surface area (Å²) in [7, 11) is -1.09. The average Bonchev–Trinajstić information content (AvgIpc) is 2.73. The second-order valence-corrected chi connectivity index (χ2v) is 8.93. The molecule has 9 heteroatoms. The Hall–Kier alpha value is -3.07. The van der Waals surface area contributed by atoms with Gasteiger partial charge in [0.25, 0.3) is 0 Å². The van der Waals surface area contributed by atoms with Gasteiger partial charge in [-0.1, -0.05) is 19.1 Å². The molecule has 1 atom stereocenters. The fourth-order valence-corrected chi connectivity index (χ4v) is 3.72. The van der Waals surface area contributed by atoms with Crippen LogP contribution in [0.1, 0.15) is 19.4 Å². The molecule has 2 N–H and O–H groups in total. The number of sulfone groups is 1. The van der Waals surface area contributed by atoms with Crippen LogP contribution in [0, 0.1) is 0 Å². The number of nitrogens with one attached hydrogen (secondary N) is 2. The Morgan fingerprint density at radius 1 is 0.933 bits per heavy atom. The molecule has 0 aliphatic carbocycles. The number of rotatable bonds is 9. The van der Waals surface area contributed by atoms with Crippen molar-refractivity contribution in [2.75, 3.05) is 30.6 Å². The quantitative estimate of drug-likeness (QED) is 0.628. The average molecular weight is 435 g/mol. The van der Waals surface area contributed by atoms with Gasteiger partial charge in [0.2, 0.25) is 11.8 Å². The Balaban J connectivity index is 2.02.